The number of rotatable bonds is 5. The zero-order valence-electron chi connectivity index (χ0n) is 7.94. The van der Waals surface area contributed by atoms with Crippen molar-refractivity contribution < 1.29 is 18.3 Å². The molecule has 2 N–H and O–H groups in total. The summed E-state index contributed by atoms with van der Waals surface area (Å²) < 4.78 is 25.3. The van der Waals surface area contributed by atoms with Gasteiger partial charge in [0.05, 0.1) is 0 Å². The van der Waals surface area contributed by atoms with E-state index in [0.717, 1.165) is 0 Å². The fourth-order valence-corrected chi connectivity index (χ4v) is 3.18. The summed E-state index contributed by atoms with van der Waals surface area (Å²) in [5, 5.41) is 8.79. The standard InChI is InChI=1S/C8H8ClNO4S2/c1-5(9)4-10-16(13,14)7-3-2-6(15-7)8(11)12/h2-3,10H,1,4H2,(H,11,12). The molecule has 0 spiro atoms. The summed E-state index contributed by atoms with van der Waals surface area (Å²) in [6, 6.07) is 2.46. The monoisotopic (exact) mass is 281 g/mol. The van der Waals surface area contributed by atoms with E-state index >= 15 is 0 Å². The molecule has 1 aromatic heterocycles. The van der Waals surface area contributed by atoms with E-state index < -0.39 is 16.0 Å². The molecule has 0 radical (unpaired) electrons. The van der Waals surface area contributed by atoms with Crippen LogP contribution in [0.2, 0.25) is 0 Å². The second kappa shape index (κ2) is 4.96. The van der Waals surface area contributed by atoms with Gasteiger partial charge < -0.3 is 5.11 Å². The normalized spacial score (nSPS) is 11.3. The van der Waals surface area contributed by atoms with Crippen molar-refractivity contribution in [3.63, 3.8) is 0 Å². The maximum atomic E-state index is 11.6. The first-order valence-electron chi connectivity index (χ1n) is 3.99. The van der Waals surface area contributed by atoms with Crippen molar-refractivity contribution in [2.45, 2.75) is 4.21 Å². The second-order valence-corrected chi connectivity index (χ2v) is 6.38. The molecule has 0 aliphatic heterocycles. The van der Waals surface area contributed by atoms with Gasteiger partial charge in [0.2, 0.25) is 10.0 Å². The van der Waals surface area contributed by atoms with Crippen molar-refractivity contribution in [2.75, 3.05) is 6.54 Å². The molecule has 1 heterocycles. The van der Waals surface area contributed by atoms with E-state index in [0.29, 0.717) is 11.3 Å². The van der Waals surface area contributed by atoms with Crippen LogP contribution in [0.3, 0.4) is 0 Å². The zero-order valence-corrected chi connectivity index (χ0v) is 10.3. The van der Waals surface area contributed by atoms with Gasteiger partial charge in [-0.15, -0.1) is 11.3 Å². The van der Waals surface area contributed by atoms with E-state index in [1.807, 2.05) is 0 Å². The van der Waals surface area contributed by atoms with E-state index in [1.54, 1.807) is 0 Å². The molecule has 0 atom stereocenters. The Labute approximate surface area is 101 Å². The number of carboxylic acid groups (broad SMARTS) is 1. The molecule has 88 valence electrons. The highest BCUT2D eigenvalue weighted by Gasteiger charge is 2.18. The number of nitrogens with one attached hydrogen (secondary N) is 1. The van der Waals surface area contributed by atoms with Crippen LogP contribution in [0.4, 0.5) is 0 Å². The predicted octanol–water partition coefficient (Wildman–Crippen LogP) is 1.48. The maximum Gasteiger partial charge on any atom is 0.345 e. The highest BCUT2D eigenvalue weighted by molar-refractivity contribution is 7.91. The quantitative estimate of drug-likeness (QED) is 0.856. The van der Waals surface area contributed by atoms with Crippen LogP contribution in [0.1, 0.15) is 9.67 Å². The minimum atomic E-state index is -3.71. The molecular formula is C8H8ClNO4S2. The topological polar surface area (TPSA) is 83.5 Å². The van der Waals surface area contributed by atoms with Crippen molar-refractivity contribution in [1.82, 2.24) is 4.72 Å². The van der Waals surface area contributed by atoms with Crippen LogP contribution in [0.25, 0.3) is 0 Å². The fraction of sp³-hybridized carbons (Fsp3) is 0.125. The summed E-state index contributed by atoms with van der Waals surface area (Å²) in [7, 11) is -3.71. The minimum absolute atomic E-state index is 0.0370. The third kappa shape index (κ3) is 3.31. The predicted molar refractivity (Wildman–Crippen MR) is 61.5 cm³/mol. The molecule has 0 bridgehead atoms. The van der Waals surface area contributed by atoms with Gasteiger partial charge in [0, 0.05) is 11.6 Å². The first-order valence-corrected chi connectivity index (χ1v) is 6.67. The molecule has 1 aromatic rings. The molecule has 0 aliphatic carbocycles. The smallest absolute Gasteiger partial charge is 0.345 e. The van der Waals surface area contributed by atoms with Crippen LogP contribution in [0.15, 0.2) is 28.0 Å². The van der Waals surface area contributed by atoms with Crippen molar-refractivity contribution in [3.8, 4) is 0 Å². The summed E-state index contributed by atoms with van der Waals surface area (Å²) >= 11 is 6.09. The Morgan fingerprint density at radius 3 is 2.62 bits per heavy atom. The molecule has 0 aromatic carbocycles. The molecule has 0 saturated carbocycles. The van der Waals surface area contributed by atoms with Gasteiger partial charge in [-0.3, -0.25) is 0 Å². The van der Waals surface area contributed by atoms with E-state index in [1.165, 1.54) is 12.1 Å². The van der Waals surface area contributed by atoms with Crippen LogP contribution >= 0.6 is 22.9 Å². The number of sulfonamides is 1. The number of halogens is 1. The molecule has 0 aliphatic rings. The van der Waals surface area contributed by atoms with Gasteiger partial charge in [-0.1, -0.05) is 18.2 Å². The Morgan fingerprint density at radius 2 is 2.19 bits per heavy atom. The Morgan fingerprint density at radius 1 is 1.56 bits per heavy atom. The molecule has 0 amide bonds. The molecular weight excluding hydrogens is 274 g/mol. The number of thiophene rings is 1. The first-order chi connectivity index (χ1) is 7.33. The molecule has 8 heteroatoms. The number of carboxylic acids is 1. The summed E-state index contributed by atoms with van der Waals surface area (Å²) in [6.45, 7) is 3.24. The van der Waals surface area contributed by atoms with Crippen molar-refractivity contribution in [2.24, 2.45) is 0 Å². The van der Waals surface area contributed by atoms with Crippen molar-refractivity contribution in [1.29, 1.82) is 0 Å². The first kappa shape index (κ1) is 13.2. The lowest BCUT2D eigenvalue weighted by atomic mass is 10.5. The number of hydrogen-bond acceptors (Lipinski definition) is 4. The van der Waals surface area contributed by atoms with E-state index in [-0.39, 0.29) is 20.7 Å². The average molecular weight is 282 g/mol. The highest BCUT2D eigenvalue weighted by atomic mass is 35.5. The lowest BCUT2D eigenvalue weighted by Gasteiger charge is -2.02. The SMILES string of the molecule is C=C(Cl)CNS(=O)(=O)c1ccc(C(=O)O)s1. The van der Waals surface area contributed by atoms with Crippen molar-refractivity contribution >= 4 is 38.9 Å². The third-order valence-corrected chi connectivity index (χ3v) is 4.61. The minimum Gasteiger partial charge on any atom is -0.477 e. The maximum absolute atomic E-state index is 11.6. The number of carbonyl (C=O) groups is 1. The molecule has 0 saturated heterocycles. The van der Waals surface area contributed by atoms with Crippen LogP contribution < -0.4 is 4.72 Å². The number of hydrogen-bond donors (Lipinski definition) is 2. The molecule has 16 heavy (non-hydrogen) atoms. The van der Waals surface area contributed by atoms with E-state index in [2.05, 4.69) is 11.3 Å². The summed E-state index contributed by atoms with van der Waals surface area (Å²) in [6.07, 6.45) is 0. The van der Waals surface area contributed by atoms with Crippen LogP contribution in [0, 0.1) is 0 Å². The van der Waals surface area contributed by atoms with Crippen LogP contribution in [-0.2, 0) is 10.0 Å². The van der Waals surface area contributed by atoms with Gasteiger partial charge >= 0.3 is 5.97 Å². The van der Waals surface area contributed by atoms with E-state index in [4.69, 9.17) is 16.7 Å². The fourth-order valence-electron chi connectivity index (χ4n) is 0.824. The lowest BCUT2D eigenvalue weighted by Crippen LogP contribution is -2.23. The molecule has 1 rings (SSSR count). The van der Waals surface area contributed by atoms with Gasteiger partial charge in [0.1, 0.15) is 9.09 Å². The Bertz CT molecular complexity index is 520. The zero-order chi connectivity index (χ0) is 12.3. The van der Waals surface area contributed by atoms with Gasteiger partial charge in [-0.2, -0.15) is 0 Å². The highest BCUT2D eigenvalue weighted by Crippen LogP contribution is 2.21. The molecule has 0 unspecified atom stereocenters. The number of aromatic carboxylic acids is 1. The largest absolute Gasteiger partial charge is 0.477 e. The van der Waals surface area contributed by atoms with E-state index in [9.17, 15) is 13.2 Å². The average Bonchev–Trinajstić information content (AvgIpc) is 2.64. The summed E-state index contributed by atoms with van der Waals surface area (Å²) in [4.78, 5) is 10.5. The second-order valence-electron chi connectivity index (χ2n) is 2.77. The van der Waals surface area contributed by atoms with Gasteiger partial charge in [0.15, 0.2) is 0 Å². The molecule has 5 nitrogen and oxygen atoms in total. The molecule has 0 fully saturated rings. The Kier molecular flexibility index (Phi) is 4.09. The van der Waals surface area contributed by atoms with Crippen molar-refractivity contribution in [3.05, 3.63) is 28.6 Å². The Balaban J connectivity index is 2.90. The van der Waals surface area contributed by atoms with Crippen LogP contribution in [-0.4, -0.2) is 26.0 Å². The van der Waals surface area contributed by atoms with Crippen LogP contribution in [0.5, 0.6) is 0 Å². The van der Waals surface area contributed by atoms with Gasteiger partial charge in [-0.05, 0) is 12.1 Å². The Hall–Kier alpha value is -0.890. The lowest BCUT2D eigenvalue weighted by molar-refractivity contribution is 0.0702. The third-order valence-electron chi connectivity index (χ3n) is 1.51. The van der Waals surface area contributed by atoms with Gasteiger partial charge in [-0.25, -0.2) is 17.9 Å². The van der Waals surface area contributed by atoms with Gasteiger partial charge in [0.25, 0.3) is 0 Å². The summed E-state index contributed by atoms with van der Waals surface area (Å²) in [5.41, 5.74) is 0. The summed E-state index contributed by atoms with van der Waals surface area (Å²) in [5.74, 6) is -1.16.